The van der Waals surface area contributed by atoms with Crippen molar-refractivity contribution in [1.82, 2.24) is 14.9 Å². The van der Waals surface area contributed by atoms with E-state index in [1.54, 1.807) is 11.3 Å². The summed E-state index contributed by atoms with van der Waals surface area (Å²) in [5, 5.41) is 6.40. The summed E-state index contributed by atoms with van der Waals surface area (Å²) in [6, 6.07) is 2.09. The van der Waals surface area contributed by atoms with Gasteiger partial charge >= 0.3 is 0 Å². The molecule has 1 aliphatic carbocycles. The zero-order valence-electron chi connectivity index (χ0n) is 12.2. The van der Waals surface area contributed by atoms with Crippen molar-refractivity contribution in [1.29, 1.82) is 0 Å². The molecule has 0 spiro atoms. The minimum absolute atomic E-state index is 0.868. The summed E-state index contributed by atoms with van der Waals surface area (Å²) < 4.78 is 0. The minimum atomic E-state index is 0.868. The molecule has 1 aliphatic rings. The molecule has 0 aromatic carbocycles. The number of fused-ring (bicyclic) bond motifs is 1. The van der Waals surface area contributed by atoms with Crippen LogP contribution in [0.25, 0.3) is 10.2 Å². The highest BCUT2D eigenvalue weighted by Gasteiger charge is 2.24. The van der Waals surface area contributed by atoms with Crippen LogP contribution < -0.4 is 5.32 Å². The van der Waals surface area contributed by atoms with Gasteiger partial charge in [-0.1, -0.05) is 6.92 Å². The van der Waals surface area contributed by atoms with Gasteiger partial charge in [-0.05, 0) is 43.2 Å². The van der Waals surface area contributed by atoms with E-state index >= 15 is 0 Å². The maximum Gasteiger partial charge on any atom is 0.146 e. The van der Waals surface area contributed by atoms with Gasteiger partial charge in [-0.3, -0.25) is 4.90 Å². The predicted molar refractivity (Wildman–Crippen MR) is 85.3 cm³/mol. The van der Waals surface area contributed by atoms with Gasteiger partial charge in [0.15, 0.2) is 0 Å². The van der Waals surface area contributed by atoms with Gasteiger partial charge in [0.2, 0.25) is 0 Å². The zero-order valence-corrected chi connectivity index (χ0v) is 13.0. The molecule has 2 aromatic rings. The van der Waals surface area contributed by atoms with Crippen LogP contribution in [0.1, 0.15) is 32.0 Å². The van der Waals surface area contributed by atoms with Crippen molar-refractivity contribution in [3.05, 3.63) is 17.3 Å². The number of hydrogen-bond acceptors (Lipinski definition) is 5. The van der Waals surface area contributed by atoms with Gasteiger partial charge in [0.05, 0.1) is 11.9 Å². The van der Waals surface area contributed by atoms with Crippen molar-refractivity contribution < 1.29 is 0 Å². The van der Waals surface area contributed by atoms with E-state index in [0.717, 1.165) is 40.9 Å². The maximum absolute atomic E-state index is 4.72. The van der Waals surface area contributed by atoms with Crippen molar-refractivity contribution in [3.8, 4) is 0 Å². The molecule has 0 radical (unpaired) electrons. The first kappa shape index (κ1) is 13.8. The Balaban J connectivity index is 1.80. The molecule has 1 N–H and O–H groups in total. The molecule has 2 heterocycles. The first-order valence-electron chi connectivity index (χ1n) is 7.44. The Morgan fingerprint density at radius 1 is 1.40 bits per heavy atom. The van der Waals surface area contributed by atoms with Crippen LogP contribution in [0, 0.1) is 5.92 Å². The second kappa shape index (κ2) is 6.06. The Kier molecular flexibility index (Phi) is 4.17. The van der Waals surface area contributed by atoms with Crippen LogP contribution in [-0.4, -0.2) is 35.0 Å². The van der Waals surface area contributed by atoms with Crippen LogP contribution in [0.15, 0.2) is 11.4 Å². The number of nitrogens with zero attached hydrogens (tertiary/aromatic N) is 3. The largest absolute Gasteiger partial charge is 0.372 e. The fourth-order valence-corrected chi connectivity index (χ4v) is 3.36. The first-order chi connectivity index (χ1) is 9.80. The van der Waals surface area contributed by atoms with Crippen molar-refractivity contribution in [2.45, 2.75) is 32.7 Å². The highest BCUT2D eigenvalue weighted by molar-refractivity contribution is 7.16. The van der Waals surface area contributed by atoms with E-state index in [4.69, 9.17) is 4.98 Å². The maximum atomic E-state index is 4.72. The van der Waals surface area contributed by atoms with Gasteiger partial charge in [0, 0.05) is 13.6 Å². The van der Waals surface area contributed by atoms with Crippen LogP contribution in [-0.2, 0) is 6.54 Å². The highest BCUT2D eigenvalue weighted by atomic mass is 32.1. The lowest BCUT2D eigenvalue weighted by molar-refractivity contribution is 0.249. The topological polar surface area (TPSA) is 41.1 Å². The van der Waals surface area contributed by atoms with Gasteiger partial charge in [-0.2, -0.15) is 0 Å². The lowest BCUT2D eigenvalue weighted by Crippen LogP contribution is -2.27. The summed E-state index contributed by atoms with van der Waals surface area (Å²) in [4.78, 5) is 13.0. The molecule has 5 heteroatoms. The minimum Gasteiger partial charge on any atom is -0.372 e. The van der Waals surface area contributed by atoms with E-state index in [0.29, 0.717) is 0 Å². The molecule has 1 fully saturated rings. The van der Waals surface area contributed by atoms with Crippen molar-refractivity contribution in [2.24, 2.45) is 5.92 Å². The third-order valence-electron chi connectivity index (χ3n) is 3.73. The number of aromatic nitrogens is 2. The van der Waals surface area contributed by atoms with E-state index < -0.39 is 0 Å². The number of nitrogens with one attached hydrogen (secondary N) is 1. The monoisotopic (exact) mass is 290 g/mol. The third-order valence-corrected chi connectivity index (χ3v) is 4.53. The number of anilines is 1. The Bertz CT molecular complexity index is 576. The predicted octanol–water partition coefficient (Wildman–Crippen LogP) is 3.36. The van der Waals surface area contributed by atoms with Crippen molar-refractivity contribution in [2.75, 3.05) is 25.5 Å². The van der Waals surface area contributed by atoms with Crippen molar-refractivity contribution >= 4 is 27.4 Å². The van der Waals surface area contributed by atoms with Crippen molar-refractivity contribution in [3.63, 3.8) is 0 Å². The van der Waals surface area contributed by atoms with E-state index in [1.807, 2.05) is 7.05 Å². The van der Waals surface area contributed by atoms with E-state index in [9.17, 15) is 0 Å². The molecule has 0 aliphatic heterocycles. The number of rotatable bonds is 7. The van der Waals surface area contributed by atoms with Crippen LogP contribution in [0.2, 0.25) is 0 Å². The fraction of sp³-hybridized carbons (Fsp3) is 0.600. The van der Waals surface area contributed by atoms with E-state index in [2.05, 4.69) is 33.6 Å². The quantitative estimate of drug-likeness (QED) is 0.849. The molecule has 0 bridgehead atoms. The average molecular weight is 290 g/mol. The van der Waals surface area contributed by atoms with E-state index in [1.165, 1.54) is 25.8 Å². The van der Waals surface area contributed by atoms with Gasteiger partial charge in [0.1, 0.15) is 16.5 Å². The fourth-order valence-electron chi connectivity index (χ4n) is 2.58. The van der Waals surface area contributed by atoms with Gasteiger partial charge in [-0.15, -0.1) is 11.3 Å². The summed E-state index contributed by atoms with van der Waals surface area (Å²) in [6.07, 6.45) is 3.98. The molecule has 0 atom stereocenters. The van der Waals surface area contributed by atoms with Crippen LogP contribution in [0.4, 0.5) is 5.82 Å². The SMILES string of the molecule is CCCN(Cc1nc(NC)c2ccsc2n1)CC1CC1. The Hall–Kier alpha value is -1.20. The molecule has 108 valence electrons. The molecule has 1 saturated carbocycles. The zero-order chi connectivity index (χ0) is 13.9. The Morgan fingerprint density at radius 2 is 2.25 bits per heavy atom. The molecule has 0 unspecified atom stereocenters. The molecule has 0 saturated heterocycles. The lowest BCUT2D eigenvalue weighted by atomic mass is 10.3. The lowest BCUT2D eigenvalue weighted by Gasteiger charge is -2.20. The molecular weight excluding hydrogens is 268 g/mol. The summed E-state index contributed by atoms with van der Waals surface area (Å²) in [5.41, 5.74) is 0. The average Bonchev–Trinajstić information content (AvgIpc) is 3.13. The van der Waals surface area contributed by atoms with Crippen LogP contribution >= 0.6 is 11.3 Å². The summed E-state index contributed by atoms with van der Waals surface area (Å²) >= 11 is 1.69. The third kappa shape index (κ3) is 3.10. The molecule has 20 heavy (non-hydrogen) atoms. The molecule has 0 amide bonds. The first-order valence-corrected chi connectivity index (χ1v) is 8.32. The highest BCUT2D eigenvalue weighted by Crippen LogP contribution is 2.30. The van der Waals surface area contributed by atoms with Gasteiger partial charge in [-0.25, -0.2) is 9.97 Å². The van der Waals surface area contributed by atoms with Crippen LogP contribution in [0.5, 0.6) is 0 Å². The summed E-state index contributed by atoms with van der Waals surface area (Å²) in [6.45, 7) is 5.45. The molecule has 2 aromatic heterocycles. The molecule has 3 rings (SSSR count). The number of thiophene rings is 1. The smallest absolute Gasteiger partial charge is 0.146 e. The summed E-state index contributed by atoms with van der Waals surface area (Å²) in [7, 11) is 1.93. The van der Waals surface area contributed by atoms with Gasteiger partial charge in [0.25, 0.3) is 0 Å². The second-order valence-corrected chi connectivity index (χ2v) is 6.45. The molecule has 4 nitrogen and oxygen atoms in total. The normalized spacial score (nSPS) is 15.2. The standard InChI is InChI=1S/C15H22N4S/c1-3-7-19(9-11-4-5-11)10-13-17-14(16-2)12-6-8-20-15(12)18-13/h6,8,11H,3-5,7,9-10H2,1-2H3,(H,16,17,18). The molecular formula is C15H22N4S. The van der Waals surface area contributed by atoms with Gasteiger partial charge < -0.3 is 5.32 Å². The van der Waals surface area contributed by atoms with Crippen LogP contribution in [0.3, 0.4) is 0 Å². The Labute approximate surface area is 124 Å². The second-order valence-electron chi connectivity index (χ2n) is 5.56. The number of hydrogen-bond donors (Lipinski definition) is 1. The Morgan fingerprint density at radius 3 is 2.95 bits per heavy atom. The summed E-state index contributed by atoms with van der Waals surface area (Å²) in [5.74, 6) is 2.81. The van der Waals surface area contributed by atoms with E-state index in [-0.39, 0.29) is 0 Å².